The zero-order chi connectivity index (χ0) is 19.8. The van der Waals surface area contributed by atoms with Crippen LogP contribution in [-0.2, 0) is 0 Å². The minimum atomic E-state index is 0.632. The first-order valence-corrected chi connectivity index (χ1v) is 11.7. The van der Waals surface area contributed by atoms with Crippen molar-refractivity contribution in [3.63, 3.8) is 0 Å². The van der Waals surface area contributed by atoms with Crippen molar-refractivity contribution < 1.29 is 0 Å². The highest BCUT2D eigenvalue weighted by Gasteiger charge is 2.25. The zero-order valence-corrected chi connectivity index (χ0v) is 18.6. The molecule has 1 aromatic rings. The number of nitrogens with one attached hydrogen (secondary N) is 1. The predicted molar refractivity (Wildman–Crippen MR) is 121 cm³/mol. The van der Waals surface area contributed by atoms with Crippen molar-refractivity contribution in [2.45, 2.75) is 18.2 Å². The Morgan fingerprint density at radius 2 is 1.93 bits per heavy atom. The molecule has 1 N–H and O–H groups in total. The van der Waals surface area contributed by atoms with Crippen molar-refractivity contribution in [1.29, 1.82) is 0 Å². The summed E-state index contributed by atoms with van der Waals surface area (Å²) in [5.41, 5.74) is 0. The van der Waals surface area contributed by atoms with Gasteiger partial charge in [0.05, 0.1) is 0 Å². The van der Waals surface area contributed by atoms with Gasteiger partial charge in [-0.3, -0.25) is 4.99 Å². The highest BCUT2D eigenvalue weighted by Crippen LogP contribution is 2.25. The average molecular weight is 404 g/mol. The number of piperazine rings is 1. The number of likely N-dealkylation sites (N-methyl/N-ethyl adjacent to an activating group) is 1. The monoisotopic (exact) mass is 403 g/mol. The molecule has 0 aliphatic carbocycles. The minimum Gasteiger partial charge on any atom is -0.356 e. The lowest BCUT2D eigenvalue weighted by atomic mass is 10.1. The molecule has 6 heteroatoms. The maximum Gasteiger partial charge on any atom is 0.193 e. The minimum absolute atomic E-state index is 0.632. The Labute approximate surface area is 175 Å². The van der Waals surface area contributed by atoms with Crippen LogP contribution < -0.4 is 5.32 Å². The van der Waals surface area contributed by atoms with Gasteiger partial charge in [0, 0.05) is 70.1 Å². The Bertz CT molecular complexity index is 600. The number of likely N-dealkylation sites (tertiary alicyclic amines) is 1. The molecule has 0 bridgehead atoms. The Balaban J connectivity index is 1.36. The molecule has 0 saturated carbocycles. The van der Waals surface area contributed by atoms with Gasteiger partial charge in [-0.05, 0) is 37.4 Å². The van der Waals surface area contributed by atoms with Crippen LogP contribution in [0.1, 0.15) is 13.3 Å². The molecule has 2 heterocycles. The quantitative estimate of drug-likeness (QED) is 0.430. The fourth-order valence-corrected chi connectivity index (χ4v) is 5.08. The molecule has 0 spiro atoms. The molecule has 1 aromatic carbocycles. The molecule has 2 unspecified atom stereocenters. The van der Waals surface area contributed by atoms with Gasteiger partial charge in [-0.25, -0.2) is 0 Å². The van der Waals surface area contributed by atoms with E-state index in [1.807, 2.05) is 18.8 Å². The number of thioether (sulfide) groups is 1. The van der Waals surface area contributed by atoms with Gasteiger partial charge >= 0.3 is 0 Å². The van der Waals surface area contributed by atoms with Crippen LogP contribution in [0.2, 0.25) is 0 Å². The van der Waals surface area contributed by atoms with Crippen LogP contribution in [0.4, 0.5) is 0 Å². The largest absolute Gasteiger partial charge is 0.356 e. The number of hydrogen-bond donors (Lipinski definition) is 1. The van der Waals surface area contributed by atoms with Crippen molar-refractivity contribution in [2.75, 3.05) is 72.2 Å². The van der Waals surface area contributed by atoms with Crippen LogP contribution in [0.25, 0.3) is 0 Å². The van der Waals surface area contributed by atoms with Crippen LogP contribution in [0.15, 0.2) is 40.2 Å². The SMILES string of the molecule is CN=C(NCC(C)CN1CCN(C)CC1)N1CCC(CSc2ccccc2)C1. The standard InChI is InChI=1S/C22H37N5S/c1-19(16-26-13-11-25(3)12-14-26)15-24-22(23-2)27-10-9-20(17-27)18-28-21-7-5-4-6-8-21/h4-8,19-20H,9-18H2,1-3H3,(H,23,24). The van der Waals surface area contributed by atoms with Gasteiger partial charge in [-0.15, -0.1) is 11.8 Å². The molecule has 28 heavy (non-hydrogen) atoms. The van der Waals surface area contributed by atoms with Crippen molar-refractivity contribution in [2.24, 2.45) is 16.8 Å². The topological polar surface area (TPSA) is 34.1 Å². The lowest BCUT2D eigenvalue weighted by Crippen LogP contribution is -2.48. The number of rotatable bonds is 7. The van der Waals surface area contributed by atoms with E-state index in [0.29, 0.717) is 5.92 Å². The molecular formula is C22H37N5S. The van der Waals surface area contributed by atoms with E-state index in [-0.39, 0.29) is 0 Å². The molecule has 0 radical (unpaired) electrons. The number of guanidine groups is 1. The van der Waals surface area contributed by atoms with Gasteiger partial charge < -0.3 is 20.0 Å². The van der Waals surface area contributed by atoms with Gasteiger partial charge in [-0.2, -0.15) is 0 Å². The Morgan fingerprint density at radius 3 is 2.64 bits per heavy atom. The van der Waals surface area contributed by atoms with Crippen molar-refractivity contribution in [3.8, 4) is 0 Å². The van der Waals surface area contributed by atoms with E-state index in [1.165, 1.54) is 49.8 Å². The molecule has 5 nitrogen and oxygen atoms in total. The molecule has 0 aromatic heterocycles. The summed E-state index contributed by atoms with van der Waals surface area (Å²) >= 11 is 1.98. The summed E-state index contributed by atoms with van der Waals surface area (Å²) in [4.78, 5) is 13.4. The second-order valence-electron chi connectivity index (χ2n) is 8.36. The smallest absolute Gasteiger partial charge is 0.193 e. The summed E-state index contributed by atoms with van der Waals surface area (Å²) in [6, 6.07) is 10.7. The van der Waals surface area contributed by atoms with Crippen LogP contribution >= 0.6 is 11.8 Å². The molecule has 2 aliphatic rings. The molecule has 2 aliphatic heterocycles. The lowest BCUT2D eigenvalue weighted by molar-refractivity contribution is 0.139. The van der Waals surface area contributed by atoms with E-state index in [2.05, 4.69) is 69.3 Å². The first kappa shape index (κ1) is 21.5. The van der Waals surface area contributed by atoms with Gasteiger partial charge in [0.1, 0.15) is 0 Å². The van der Waals surface area contributed by atoms with E-state index in [0.717, 1.165) is 31.5 Å². The van der Waals surface area contributed by atoms with E-state index in [4.69, 9.17) is 0 Å². The average Bonchev–Trinajstić information content (AvgIpc) is 3.18. The number of aliphatic imine (C=N–C) groups is 1. The maximum atomic E-state index is 4.56. The fraction of sp³-hybridized carbons (Fsp3) is 0.682. The lowest BCUT2D eigenvalue weighted by Gasteiger charge is -2.34. The molecule has 156 valence electrons. The van der Waals surface area contributed by atoms with Crippen molar-refractivity contribution in [1.82, 2.24) is 20.0 Å². The third-order valence-electron chi connectivity index (χ3n) is 5.80. The van der Waals surface area contributed by atoms with Crippen molar-refractivity contribution >= 4 is 17.7 Å². The maximum absolute atomic E-state index is 4.56. The first-order chi connectivity index (χ1) is 13.6. The number of nitrogens with zero attached hydrogens (tertiary/aromatic N) is 4. The molecule has 2 saturated heterocycles. The fourth-order valence-electron chi connectivity index (χ4n) is 4.03. The van der Waals surface area contributed by atoms with E-state index < -0.39 is 0 Å². The van der Waals surface area contributed by atoms with Gasteiger partial charge in [0.2, 0.25) is 0 Å². The van der Waals surface area contributed by atoms with Crippen LogP contribution in [-0.4, -0.2) is 92.9 Å². The third-order valence-corrected chi connectivity index (χ3v) is 7.04. The second-order valence-corrected chi connectivity index (χ2v) is 9.46. The van der Waals surface area contributed by atoms with Gasteiger partial charge in [-0.1, -0.05) is 25.1 Å². The van der Waals surface area contributed by atoms with Crippen LogP contribution in [0.5, 0.6) is 0 Å². The number of benzene rings is 1. The summed E-state index contributed by atoms with van der Waals surface area (Å²) in [6.07, 6.45) is 1.26. The second kappa shape index (κ2) is 11.1. The predicted octanol–water partition coefficient (Wildman–Crippen LogP) is 2.56. The molecule has 0 amide bonds. The van der Waals surface area contributed by atoms with Gasteiger partial charge in [0.25, 0.3) is 0 Å². The molecule has 2 atom stereocenters. The summed E-state index contributed by atoms with van der Waals surface area (Å²) in [6.45, 7) is 11.5. The first-order valence-electron chi connectivity index (χ1n) is 10.7. The Morgan fingerprint density at radius 1 is 1.18 bits per heavy atom. The summed E-state index contributed by atoms with van der Waals surface area (Å²) in [7, 11) is 4.13. The van der Waals surface area contributed by atoms with E-state index in [1.54, 1.807) is 0 Å². The highest BCUT2D eigenvalue weighted by atomic mass is 32.2. The molecule has 3 rings (SSSR count). The van der Waals surface area contributed by atoms with Crippen LogP contribution in [0.3, 0.4) is 0 Å². The van der Waals surface area contributed by atoms with Crippen molar-refractivity contribution in [3.05, 3.63) is 30.3 Å². The van der Waals surface area contributed by atoms with E-state index in [9.17, 15) is 0 Å². The zero-order valence-electron chi connectivity index (χ0n) is 17.8. The molecular weight excluding hydrogens is 366 g/mol. The third kappa shape index (κ3) is 6.68. The summed E-state index contributed by atoms with van der Waals surface area (Å²) in [5.74, 6) is 3.65. The molecule has 2 fully saturated rings. The summed E-state index contributed by atoms with van der Waals surface area (Å²) in [5, 5.41) is 3.64. The highest BCUT2D eigenvalue weighted by molar-refractivity contribution is 7.99. The summed E-state index contributed by atoms with van der Waals surface area (Å²) < 4.78 is 0. The van der Waals surface area contributed by atoms with Crippen LogP contribution in [0, 0.1) is 11.8 Å². The van der Waals surface area contributed by atoms with Gasteiger partial charge in [0.15, 0.2) is 5.96 Å². The van der Waals surface area contributed by atoms with E-state index >= 15 is 0 Å². The Hall–Kier alpha value is -1.24. The number of hydrogen-bond acceptors (Lipinski definition) is 4. The Kier molecular flexibility index (Phi) is 8.49. The normalized spacial score (nSPS) is 23.2.